The number of nitrogens with one attached hydrogen (secondary N) is 1. The third-order valence-corrected chi connectivity index (χ3v) is 5.79. The molecule has 2 aromatic rings. The van der Waals surface area contributed by atoms with Crippen LogP contribution in [0.2, 0.25) is 0 Å². The number of benzene rings is 2. The molecule has 0 saturated heterocycles. The molecule has 0 aliphatic carbocycles. The average molecular weight is 376 g/mol. The van der Waals surface area contributed by atoms with E-state index in [4.69, 9.17) is 4.74 Å². The number of carbonyl (C=O) groups excluding carboxylic acids is 1. The van der Waals surface area contributed by atoms with Crippen LogP contribution in [-0.4, -0.2) is 41.1 Å². The van der Waals surface area contributed by atoms with Crippen molar-refractivity contribution >= 4 is 21.6 Å². The van der Waals surface area contributed by atoms with Crippen LogP contribution in [0.5, 0.6) is 0 Å². The second-order valence-corrected chi connectivity index (χ2v) is 7.64. The van der Waals surface area contributed by atoms with Crippen LogP contribution in [0.25, 0.3) is 0 Å². The van der Waals surface area contributed by atoms with E-state index in [1.54, 1.807) is 20.1 Å². The first-order chi connectivity index (χ1) is 12.4. The summed E-state index contributed by atoms with van der Waals surface area (Å²) in [4.78, 5) is 12.2. The highest BCUT2D eigenvalue weighted by Gasteiger charge is 2.23. The third-order valence-electron chi connectivity index (χ3n) is 3.87. The predicted octanol–water partition coefficient (Wildman–Crippen LogP) is 2.59. The van der Waals surface area contributed by atoms with E-state index in [0.717, 1.165) is 5.56 Å². The SMILES string of the molecule is CCN(c1cccc(C)c1)S(=O)(=O)c1ccc(C(=O)NCCOC)cc1. The first kappa shape index (κ1) is 19.9. The highest BCUT2D eigenvalue weighted by atomic mass is 32.2. The number of carbonyl (C=O) groups is 1. The second kappa shape index (κ2) is 8.82. The minimum Gasteiger partial charge on any atom is -0.383 e. The molecule has 2 aromatic carbocycles. The summed E-state index contributed by atoms with van der Waals surface area (Å²) in [5, 5.41) is 2.70. The van der Waals surface area contributed by atoms with Gasteiger partial charge in [-0.1, -0.05) is 12.1 Å². The fourth-order valence-electron chi connectivity index (χ4n) is 2.55. The van der Waals surface area contributed by atoms with E-state index in [1.165, 1.54) is 28.6 Å². The van der Waals surface area contributed by atoms with Crippen LogP contribution in [0.3, 0.4) is 0 Å². The van der Waals surface area contributed by atoms with Crippen molar-refractivity contribution in [3.05, 3.63) is 59.7 Å². The van der Waals surface area contributed by atoms with Gasteiger partial charge in [0, 0.05) is 25.8 Å². The van der Waals surface area contributed by atoms with Gasteiger partial charge in [-0.25, -0.2) is 8.42 Å². The summed E-state index contributed by atoms with van der Waals surface area (Å²) < 4.78 is 32.2. The number of hydrogen-bond acceptors (Lipinski definition) is 4. The maximum absolute atomic E-state index is 13.0. The van der Waals surface area contributed by atoms with E-state index in [-0.39, 0.29) is 10.8 Å². The van der Waals surface area contributed by atoms with Gasteiger partial charge in [0.25, 0.3) is 15.9 Å². The molecule has 0 unspecified atom stereocenters. The Balaban J connectivity index is 2.24. The van der Waals surface area contributed by atoms with Crippen LogP contribution in [0.4, 0.5) is 5.69 Å². The first-order valence-corrected chi connectivity index (χ1v) is 9.80. The maximum atomic E-state index is 13.0. The molecule has 1 amide bonds. The number of aryl methyl sites for hydroxylation is 1. The highest BCUT2D eigenvalue weighted by Crippen LogP contribution is 2.24. The molecule has 0 spiro atoms. The number of methoxy groups -OCH3 is 1. The number of anilines is 1. The summed E-state index contributed by atoms with van der Waals surface area (Å²) in [5.41, 5.74) is 2.01. The number of ether oxygens (including phenoxy) is 1. The van der Waals surface area contributed by atoms with Crippen molar-refractivity contribution in [3.63, 3.8) is 0 Å². The number of nitrogens with zero attached hydrogens (tertiary/aromatic N) is 1. The highest BCUT2D eigenvalue weighted by molar-refractivity contribution is 7.92. The zero-order chi connectivity index (χ0) is 19.2. The van der Waals surface area contributed by atoms with E-state index < -0.39 is 10.0 Å². The summed E-state index contributed by atoms with van der Waals surface area (Å²) in [6, 6.07) is 13.3. The van der Waals surface area contributed by atoms with Gasteiger partial charge in [-0.15, -0.1) is 0 Å². The van der Waals surface area contributed by atoms with Crippen LogP contribution in [0, 0.1) is 6.92 Å². The number of amides is 1. The molecule has 26 heavy (non-hydrogen) atoms. The van der Waals surface area contributed by atoms with Gasteiger partial charge in [-0.05, 0) is 55.8 Å². The Morgan fingerprint density at radius 2 is 1.85 bits per heavy atom. The lowest BCUT2D eigenvalue weighted by molar-refractivity contribution is 0.0937. The standard InChI is InChI=1S/C19H24N2O4S/c1-4-21(17-7-5-6-15(2)14-17)26(23,24)18-10-8-16(9-11-18)19(22)20-12-13-25-3/h5-11,14H,4,12-13H2,1-3H3,(H,20,22). The summed E-state index contributed by atoms with van der Waals surface area (Å²) in [5.74, 6) is -0.267. The average Bonchev–Trinajstić information content (AvgIpc) is 2.62. The molecule has 7 heteroatoms. The normalized spacial score (nSPS) is 11.2. The molecule has 0 saturated carbocycles. The molecule has 0 radical (unpaired) electrons. The van der Waals surface area contributed by atoms with Crippen molar-refractivity contribution in [2.24, 2.45) is 0 Å². The fourth-order valence-corrected chi connectivity index (χ4v) is 4.01. The molecule has 1 N–H and O–H groups in total. The van der Waals surface area contributed by atoms with Gasteiger partial charge in [-0.2, -0.15) is 0 Å². The van der Waals surface area contributed by atoms with Crippen LogP contribution >= 0.6 is 0 Å². The molecular formula is C19H24N2O4S. The predicted molar refractivity (Wildman–Crippen MR) is 102 cm³/mol. The summed E-state index contributed by atoms with van der Waals surface area (Å²) in [7, 11) is -2.15. The Kier molecular flexibility index (Phi) is 6.76. The van der Waals surface area contributed by atoms with Crippen LogP contribution in [0.1, 0.15) is 22.8 Å². The zero-order valence-corrected chi connectivity index (χ0v) is 16.0. The topological polar surface area (TPSA) is 75.7 Å². The van der Waals surface area contributed by atoms with Crippen LogP contribution in [0.15, 0.2) is 53.4 Å². The van der Waals surface area contributed by atoms with Crippen LogP contribution in [-0.2, 0) is 14.8 Å². The quantitative estimate of drug-likeness (QED) is 0.719. The van der Waals surface area contributed by atoms with E-state index in [1.807, 2.05) is 25.1 Å². The van der Waals surface area contributed by atoms with Crippen molar-refractivity contribution in [2.75, 3.05) is 31.1 Å². The molecule has 2 rings (SSSR count). The van der Waals surface area contributed by atoms with E-state index >= 15 is 0 Å². The second-order valence-electron chi connectivity index (χ2n) is 5.78. The van der Waals surface area contributed by atoms with Gasteiger partial charge < -0.3 is 10.1 Å². The molecule has 0 aromatic heterocycles. The molecule has 6 nitrogen and oxygen atoms in total. The van der Waals surface area contributed by atoms with Crippen molar-refractivity contribution in [1.29, 1.82) is 0 Å². The van der Waals surface area contributed by atoms with Gasteiger partial charge in [0.05, 0.1) is 17.2 Å². The largest absolute Gasteiger partial charge is 0.383 e. The van der Waals surface area contributed by atoms with E-state index in [9.17, 15) is 13.2 Å². The monoisotopic (exact) mass is 376 g/mol. The summed E-state index contributed by atoms with van der Waals surface area (Å²) >= 11 is 0. The van der Waals surface area contributed by atoms with Crippen molar-refractivity contribution in [3.8, 4) is 0 Å². The summed E-state index contributed by atoms with van der Waals surface area (Å²) in [6.45, 7) is 4.83. The molecule has 0 atom stereocenters. The Morgan fingerprint density at radius 3 is 2.42 bits per heavy atom. The minimum atomic E-state index is -3.70. The Hall–Kier alpha value is -2.38. The Labute approximate surface area is 154 Å². The molecular weight excluding hydrogens is 352 g/mol. The van der Waals surface area contributed by atoms with Gasteiger partial charge in [0.15, 0.2) is 0 Å². The fraction of sp³-hybridized carbons (Fsp3) is 0.316. The molecule has 0 aliphatic heterocycles. The molecule has 140 valence electrons. The van der Waals surface area contributed by atoms with Gasteiger partial charge in [0.1, 0.15) is 0 Å². The number of hydrogen-bond donors (Lipinski definition) is 1. The minimum absolute atomic E-state index is 0.147. The van der Waals surface area contributed by atoms with Crippen molar-refractivity contribution in [2.45, 2.75) is 18.7 Å². The Bertz CT molecular complexity index is 848. The van der Waals surface area contributed by atoms with Gasteiger partial charge >= 0.3 is 0 Å². The molecule has 0 bridgehead atoms. The van der Waals surface area contributed by atoms with Crippen molar-refractivity contribution in [1.82, 2.24) is 5.32 Å². The molecule has 0 heterocycles. The van der Waals surface area contributed by atoms with Gasteiger partial charge in [-0.3, -0.25) is 9.10 Å². The third kappa shape index (κ3) is 4.62. The van der Waals surface area contributed by atoms with Crippen LogP contribution < -0.4 is 9.62 Å². The van der Waals surface area contributed by atoms with E-state index in [0.29, 0.717) is 30.9 Å². The number of rotatable bonds is 8. The smallest absolute Gasteiger partial charge is 0.264 e. The lowest BCUT2D eigenvalue weighted by Crippen LogP contribution is -2.31. The van der Waals surface area contributed by atoms with E-state index in [2.05, 4.69) is 5.32 Å². The lowest BCUT2D eigenvalue weighted by Gasteiger charge is -2.23. The first-order valence-electron chi connectivity index (χ1n) is 8.36. The van der Waals surface area contributed by atoms with Gasteiger partial charge in [0.2, 0.25) is 0 Å². The Morgan fingerprint density at radius 1 is 1.15 bits per heavy atom. The van der Waals surface area contributed by atoms with Crippen molar-refractivity contribution < 1.29 is 17.9 Å². The summed E-state index contributed by atoms with van der Waals surface area (Å²) in [6.07, 6.45) is 0. The zero-order valence-electron chi connectivity index (χ0n) is 15.2. The maximum Gasteiger partial charge on any atom is 0.264 e. The number of sulfonamides is 1. The molecule has 0 aliphatic rings. The molecule has 0 fully saturated rings. The lowest BCUT2D eigenvalue weighted by atomic mass is 10.2.